The summed E-state index contributed by atoms with van der Waals surface area (Å²) in [4.78, 5) is 0. The number of halogens is 4. The summed E-state index contributed by atoms with van der Waals surface area (Å²) in [6.07, 6.45) is 4.43. The van der Waals surface area contributed by atoms with Crippen molar-refractivity contribution < 1.29 is 17.0 Å². The second kappa shape index (κ2) is 7.59. The summed E-state index contributed by atoms with van der Waals surface area (Å²) < 4.78 is 4.67. The topological polar surface area (TPSA) is 8.81 Å². The Kier molecular flexibility index (Phi) is 5.65. The largest absolute Gasteiger partial charge is 1.00 e. The molecule has 0 atom stereocenters. The molecule has 0 aliphatic carbocycles. The van der Waals surface area contributed by atoms with E-state index in [4.69, 9.17) is 34.8 Å². The van der Waals surface area contributed by atoms with Crippen LogP contribution in [0.25, 0.3) is 11.3 Å². The lowest BCUT2D eigenvalue weighted by molar-refractivity contribution is -0.694. The average Bonchev–Trinajstić information content (AvgIpc) is 3.16. The van der Waals surface area contributed by atoms with Crippen LogP contribution in [0.1, 0.15) is 17.8 Å². The molecular formula is C19H16Cl4N2. The minimum atomic E-state index is 0. The molecule has 0 N–H and O–H groups in total. The number of hydrogen-bond donors (Lipinski definition) is 0. The Hall–Kier alpha value is -1.19. The molecule has 0 spiro atoms. The first-order valence-corrected chi connectivity index (χ1v) is 9.07. The lowest BCUT2D eigenvalue weighted by atomic mass is 10.1. The third kappa shape index (κ3) is 3.54. The Morgan fingerprint density at radius 2 is 1.76 bits per heavy atom. The van der Waals surface area contributed by atoms with Gasteiger partial charge in [0.2, 0.25) is 0 Å². The van der Waals surface area contributed by atoms with E-state index in [1.54, 1.807) is 0 Å². The smallest absolute Gasteiger partial charge is 0.257 e. The van der Waals surface area contributed by atoms with E-state index in [0.29, 0.717) is 10.0 Å². The lowest BCUT2D eigenvalue weighted by Gasteiger charge is -2.02. The van der Waals surface area contributed by atoms with E-state index in [9.17, 15) is 0 Å². The van der Waals surface area contributed by atoms with Crippen LogP contribution >= 0.6 is 34.8 Å². The second-order valence-corrected chi connectivity index (χ2v) is 7.26. The Morgan fingerprint density at radius 1 is 0.960 bits per heavy atom. The standard InChI is InChI=1S/C19H16Cl3N2.ClH/c20-15-5-2-1-4-14(15)11-23-12-18(24-9-3-6-19(23)24)13-7-8-16(21)17(22)10-13;/h1-2,4-5,7-8,10,12H,3,6,9,11H2;1H/q+1;/p-1. The molecule has 0 unspecified atom stereocenters. The van der Waals surface area contributed by atoms with E-state index >= 15 is 0 Å². The molecule has 0 saturated heterocycles. The van der Waals surface area contributed by atoms with Crippen LogP contribution < -0.4 is 17.0 Å². The van der Waals surface area contributed by atoms with Crippen molar-refractivity contribution in [2.45, 2.75) is 25.9 Å². The number of imidazole rings is 1. The van der Waals surface area contributed by atoms with Gasteiger partial charge in [0.25, 0.3) is 5.82 Å². The summed E-state index contributed by atoms with van der Waals surface area (Å²) >= 11 is 18.6. The SMILES string of the molecule is Clc1ccc(-c2c[n+](Cc3ccccc3Cl)c3n2CCC3)cc1Cl.[Cl-]. The molecule has 2 heterocycles. The van der Waals surface area contributed by atoms with Crippen molar-refractivity contribution >= 4 is 34.8 Å². The van der Waals surface area contributed by atoms with Crippen molar-refractivity contribution in [1.29, 1.82) is 0 Å². The molecule has 4 rings (SSSR count). The molecule has 1 aliphatic heterocycles. The molecule has 2 nitrogen and oxygen atoms in total. The van der Waals surface area contributed by atoms with Gasteiger partial charge in [0, 0.05) is 16.1 Å². The first kappa shape index (κ1) is 18.6. The molecule has 130 valence electrons. The maximum Gasteiger partial charge on any atom is 0.257 e. The van der Waals surface area contributed by atoms with Crippen molar-refractivity contribution in [2.24, 2.45) is 0 Å². The van der Waals surface area contributed by atoms with Crippen LogP contribution in [-0.2, 0) is 19.5 Å². The number of aromatic nitrogens is 2. The molecule has 1 aliphatic rings. The number of hydrogen-bond acceptors (Lipinski definition) is 0. The maximum atomic E-state index is 6.33. The first-order chi connectivity index (χ1) is 11.6. The fourth-order valence-corrected chi connectivity index (χ4v) is 3.84. The van der Waals surface area contributed by atoms with Gasteiger partial charge in [0.15, 0.2) is 5.69 Å². The van der Waals surface area contributed by atoms with E-state index in [1.807, 2.05) is 36.4 Å². The molecule has 0 bridgehead atoms. The molecule has 0 amide bonds. The van der Waals surface area contributed by atoms with Gasteiger partial charge in [-0.15, -0.1) is 0 Å². The third-order valence-electron chi connectivity index (χ3n) is 4.51. The minimum Gasteiger partial charge on any atom is -1.00 e. The Bertz CT molecular complexity index is 918. The fraction of sp³-hybridized carbons (Fsp3) is 0.211. The molecule has 3 aromatic rings. The summed E-state index contributed by atoms with van der Waals surface area (Å²) in [6, 6.07) is 13.8. The van der Waals surface area contributed by atoms with Gasteiger partial charge in [0.1, 0.15) is 12.7 Å². The average molecular weight is 414 g/mol. The molecule has 0 radical (unpaired) electrons. The normalized spacial score (nSPS) is 12.8. The molecule has 25 heavy (non-hydrogen) atoms. The zero-order chi connectivity index (χ0) is 16.7. The Morgan fingerprint density at radius 3 is 2.52 bits per heavy atom. The molecule has 1 aromatic heterocycles. The van der Waals surface area contributed by atoms with E-state index in [1.165, 1.54) is 11.5 Å². The van der Waals surface area contributed by atoms with Crippen LogP contribution in [-0.4, -0.2) is 4.57 Å². The number of nitrogens with zero attached hydrogens (tertiary/aromatic N) is 2. The summed E-state index contributed by atoms with van der Waals surface area (Å²) in [5.74, 6) is 1.33. The van der Waals surface area contributed by atoms with E-state index in [0.717, 1.165) is 42.1 Å². The molecule has 0 fully saturated rings. The van der Waals surface area contributed by atoms with Gasteiger partial charge in [0.05, 0.1) is 23.0 Å². The third-order valence-corrected chi connectivity index (χ3v) is 5.62. The van der Waals surface area contributed by atoms with Crippen LogP contribution in [0, 0.1) is 0 Å². The van der Waals surface area contributed by atoms with Crippen molar-refractivity contribution in [2.75, 3.05) is 0 Å². The number of rotatable bonds is 3. The zero-order valence-corrected chi connectivity index (χ0v) is 16.4. The lowest BCUT2D eigenvalue weighted by Crippen LogP contribution is -3.00. The van der Waals surface area contributed by atoms with Crippen LogP contribution in [0.5, 0.6) is 0 Å². The van der Waals surface area contributed by atoms with Gasteiger partial charge in [-0.05, 0) is 30.7 Å². The van der Waals surface area contributed by atoms with Crippen molar-refractivity contribution in [3.8, 4) is 11.3 Å². The first-order valence-electron chi connectivity index (χ1n) is 7.94. The molecule has 6 heteroatoms. The molecule has 2 aromatic carbocycles. The van der Waals surface area contributed by atoms with E-state index in [-0.39, 0.29) is 12.4 Å². The minimum absolute atomic E-state index is 0. The summed E-state index contributed by atoms with van der Waals surface area (Å²) in [5.41, 5.74) is 3.39. The van der Waals surface area contributed by atoms with Crippen LogP contribution in [0.4, 0.5) is 0 Å². The van der Waals surface area contributed by atoms with Crippen LogP contribution in [0.3, 0.4) is 0 Å². The highest BCUT2D eigenvalue weighted by Crippen LogP contribution is 2.30. The van der Waals surface area contributed by atoms with Crippen molar-refractivity contribution in [3.05, 3.63) is 75.1 Å². The summed E-state index contributed by atoms with van der Waals surface area (Å²) in [5, 5.41) is 1.97. The van der Waals surface area contributed by atoms with Crippen molar-refractivity contribution in [1.82, 2.24) is 4.57 Å². The monoisotopic (exact) mass is 412 g/mol. The highest BCUT2D eigenvalue weighted by Gasteiger charge is 2.29. The molecular weight excluding hydrogens is 398 g/mol. The van der Waals surface area contributed by atoms with Gasteiger partial charge in [-0.1, -0.05) is 53.0 Å². The summed E-state index contributed by atoms with van der Waals surface area (Å²) in [6.45, 7) is 1.80. The predicted molar refractivity (Wildman–Crippen MR) is 99.0 cm³/mol. The maximum absolute atomic E-state index is 6.33. The molecule has 0 saturated carbocycles. The van der Waals surface area contributed by atoms with Gasteiger partial charge in [-0.25, -0.2) is 9.13 Å². The zero-order valence-electron chi connectivity index (χ0n) is 13.4. The van der Waals surface area contributed by atoms with E-state index < -0.39 is 0 Å². The van der Waals surface area contributed by atoms with Gasteiger partial charge < -0.3 is 12.4 Å². The predicted octanol–water partition coefficient (Wildman–Crippen LogP) is 2.40. The summed E-state index contributed by atoms with van der Waals surface area (Å²) in [7, 11) is 0. The highest BCUT2D eigenvalue weighted by molar-refractivity contribution is 6.42. The van der Waals surface area contributed by atoms with Crippen LogP contribution in [0.15, 0.2) is 48.7 Å². The Balaban J connectivity index is 0.00000182. The Labute approximate surface area is 168 Å². The van der Waals surface area contributed by atoms with Gasteiger partial charge in [-0.3, -0.25) is 0 Å². The number of fused-ring (bicyclic) bond motifs is 1. The van der Waals surface area contributed by atoms with Crippen molar-refractivity contribution in [3.63, 3.8) is 0 Å². The fourth-order valence-electron chi connectivity index (χ4n) is 3.34. The highest BCUT2D eigenvalue weighted by atomic mass is 35.5. The van der Waals surface area contributed by atoms with Crippen LogP contribution in [0.2, 0.25) is 15.1 Å². The van der Waals surface area contributed by atoms with Gasteiger partial charge in [-0.2, -0.15) is 0 Å². The van der Waals surface area contributed by atoms with Gasteiger partial charge >= 0.3 is 0 Å². The second-order valence-electron chi connectivity index (χ2n) is 6.03. The van der Waals surface area contributed by atoms with E-state index in [2.05, 4.69) is 21.4 Å². The number of benzene rings is 2. The quantitative estimate of drug-likeness (QED) is 0.583.